The van der Waals surface area contributed by atoms with E-state index in [2.05, 4.69) is 6.92 Å². The molecule has 0 N–H and O–H groups in total. The van der Waals surface area contributed by atoms with Gasteiger partial charge in [0.2, 0.25) is 0 Å². The average Bonchev–Trinajstić information content (AvgIpc) is 2.58. The molecule has 0 unspecified atom stereocenters. The molecule has 1 fully saturated rings. The third kappa shape index (κ3) is 15.5. The number of rotatable bonds is 0. The summed E-state index contributed by atoms with van der Waals surface area (Å²) >= 11 is 0. The largest absolute Gasteiger partial charge is 0.0625 e. The van der Waals surface area contributed by atoms with E-state index < -0.39 is 0 Å². The molecule has 0 saturated heterocycles. The van der Waals surface area contributed by atoms with E-state index in [0.29, 0.717) is 0 Å². The second-order valence-electron chi connectivity index (χ2n) is 8.75. The molecule has 0 bridgehead atoms. The molecule has 0 nitrogen and oxygen atoms in total. The quantitative estimate of drug-likeness (QED) is 0.413. The van der Waals surface area contributed by atoms with Gasteiger partial charge in [0.25, 0.3) is 0 Å². The van der Waals surface area contributed by atoms with Crippen LogP contribution in [0.25, 0.3) is 0 Å². The summed E-state index contributed by atoms with van der Waals surface area (Å²) in [6.07, 6.45) is 32.9. The zero-order valence-electron chi connectivity index (χ0n) is 17.1. The molecule has 24 heavy (non-hydrogen) atoms. The van der Waals surface area contributed by atoms with Crippen LogP contribution in [0.4, 0.5) is 0 Å². The summed E-state index contributed by atoms with van der Waals surface area (Å²) < 4.78 is 0. The van der Waals surface area contributed by atoms with Crippen molar-refractivity contribution >= 4 is 0 Å². The molecule has 0 aromatic rings. The van der Waals surface area contributed by atoms with Crippen molar-refractivity contribution < 1.29 is 0 Å². The first-order valence-corrected chi connectivity index (χ1v) is 11.9. The maximum Gasteiger partial charge on any atom is -0.0443 e. The Balaban J connectivity index is 2.07. The van der Waals surface area contributed by atoms with Crippen LogP contribution >= 0.6 is 0 Å². The van der Waals surface area contributed by atoms with Crippen molar-refractivity contribution in [3.8, 4) is 0 Å². The summed E-state index contributed by atoms with van der Waals surface area (Å²) in [4.78, 5) is 0. The van der Waals surface area contributed by atoms with Crippen molar-refractivity contribution in [2.75, 3.05) is 0 Å². The van der Waals surface area contributed by atoms with E-state index in [1.165, 1.54) is 141 Å². The van der Waals surface area contributed by atoms with Gasteiger partial charge in [0, 0.05) is 0 Å². The molecule has 0 aromatic heterocycles. The minimum atomic E-state index is 0.978. The molecule has 0 heteroatoms. The van der Waals surface area contributed by atoms with Gasteiger partial charge in [0.1, 0.15) is 0 Å². The Labute approximate surface area is 154 Å². The lowest BCUT2D eigenvalue weighted by molar-refractivity contribution is 0.430. The highest BCUT2D eigenvalue weighted by atomic mass is 14.1. The summed E-state index contributed by atoms with van der Waals surface area (Å²) in [6.45, 7) is 2.49. The molecule has 1 aliphatic rings. The molecule has 0 aliphatic heterocycles. The molecular formula is C24H48. The molecule has 144 valence electrons. The minimum absolute atomic E-state index is 0.978. The highest BCUT2D eigenvalue weighted by Gasteiger charge is 2.02. The fourth-order valence-electron chi connectivity index (χ4n) is 4.31. The summed E-state index contributed by atoms with van der Waals surface area (Å²) in [5.74, 6) is 0.978. The van der Waals surface area contributed by atoms with Crippen LogP contribution in [0, 0.1) is 5.92 Å². The van der Waals surface area contributed by atoms with Gasteiger partial charge < -0.3 is 0 Å². The molecule has 0 heterocycles. The van der Waals surface area contributed by atoms with Gasteiger partial charge in [-0.3, -0.25) is 0 Å². The van der Waals surface area contributed by atoms with Crippen LogP contribution in [0.15, 0.2) is 0 Å². The predicted octanol–water partition coefficient (Wildman–Crippen LogP) is 9.22. The SMILES string of the molecule is CC1CCCCCCCCCCCCCCCCCCCCCC1. The second kappa shape index (κ2) is 17.8. The first kappa shape index (κ1) is 22.0. The molecular weight excluding hydrogens is 288 g/mol. The van der Waals surface area contributed by atoms with Crippen LogP contribution in [-0.4, -0.2) is 0 Å². The van der Waals surface area contributed by atoms with E-state index in [1.54, 1.807) is 0 Å². The normalized spacial score (nSPS) is 24.4. The standard InChI is InChI=1S/C24H48/c1-24-22-20-18-16-14-12-10-8-6-4-2-3-5-7-9-11-13-15-17-19-21-23-24/h24H,2-23H2,1H3. The van der Waals surface area contributed by atoms with Gasteiger partial charge in [0.05, 0.1) is 0 Å². The van der Waals surface area contributed by atoms with Gasteiger partial charge in [-0.1, -0.05) is 148 Å². The zero-order valence-corrected chi connectivity index (χ0v) is 17.1. The minimum Gasteiger partial charge on any atom is -0.0625 e. The average molecular weight is 337 g/mol. The Morgan fingerprint density at radius 2 is 0.458 bits per heavy atom. The number of hydrogen-bond acceptors (Lipinski definition) is 0. The Morgan fingerprint density at radius 3 is 0.667 bits per heavy atom. The first-order chi connectivity index (χ1) is 11.9. The number of hydrogen-bond donors (Lipinski definition) is 0. The third-order valence-corrected chi connectivity index (χ3v) is 6.14. The van der Waals surface area contributed by atoms with Crippen LogP contribution in [-0.2, 0) is 0 Å². The molecule has 1 aliphatic carbocycles. The third-order valence-electron chi connectivity index (χ3n) is 6.14. The van der Waals surface area contributed by atoms with Gasteiger partial charge in [-0.15, -0.1) is 0 Å². The molecule has 1 rings (SSSR count). The zero-order chi connectivity index (χ0) is 17.1. The lowest BCUT2D eigenvalue weighted by Gasteiger charge is -2.11. The van der Waals surface area contributed by atoms with Crippen molar-refractivity contribution in [1.29, 1.82) is 0 Å². The van der Waals surface area contributed by atoms with E-state index in [4.69, 9.17) is 0 Å². The maximum absolute atomic E-state index is 2.49. The molecule has 0 aromatic carbocycles. The first-order valence-electron chi connectivity index (χ1n) is 11.9. The monoisotopic (exact) mass is 336 g/mol. The fourth-order valence-corrected chi connectivity index (χ4v) is 4.31. The Morgan fingerprint density at radius 1 is 0.292 bits per heavy atom. The van der Waals surface area contributed by atoms with Gasteiger partial charge >= 0.3 is 0 Å². The van der Waals surface area contributed by atoms with Crippen LogP contribution in [0.1, 0.15) is 148 Å². The van der Waals surface area contributed by atoms with Crippen molar-refractivity contribution in [3.63, 3.8) is 0 Å². The van der Waals surface area contributed by atoms with E-state index in [0.717, 1.165) is 5.92 Å². The summed E-state index contributed by atoms with van der Waals surface area (Å²) in [7, 11) is 0. The molecule has 0 atom stereocenters. The van der Waals surface area contributed by atoms with E-state index in [9.17, 15) is 0 Å². The molecule has 1 saturated carbocycles. The molecule has 0 radical (unpaired) electrons. The highest BCUT2D eigenvalue weighted by molar-refractivity contribution is 4.56. The van der Waals surface area contributed by atoms with Crippen LogP contribution in [0.5, 0.6) is 0 Å². The van der Waals surface area contributed by atoms with Crippen LogP contribution in [0.3, 0.4) is 0 Å². The van der Waals surface area contributed by atoms with Crippen LogP contribution < -0.4 is 0 Å². The Hall–Kier alpha value is 0. The van der Waals surface area contributed by atoms with Gasteiger partial charge in [0.15, 0.2) is 0 Å². The van der Waals surface area contributed by atoms with Crippen LogP contribution in [0.2, 0.25) is 0 Å². The second-order valence-corrected chi connectivity index (χ2v) is 8.75. The summed E-state index contributed by atoms with van der Waals surface area (Å²) in [5, 5.41) is 0. The van der Waals surface area contributed by atoms with Crippen molar-refractivity contribution in [2.45, 2.75) is 148 Å². The van der Waals surface area contributed by atoms with Crippen molar-refractivity contribution in [2.24, 2.45) is 5.92 Å². The highest BCUT2D eigenvalue weighted by Crippen LogP contribution is 2.19. The van der Waals surface area contributed by atoms with Crippen molar-refractivity contribution in [1.82, 2.24) is 0 Å². The van der Waals surface area contributed by atoms with E-state index in [-0.39, 0.29) is 0 Å². The Kier molecular flexibility index (Phi) is 16.4. The maximum atomic E-state index is 2.49. The lowest BCUT2D eigenvalue weighted by atomic mass is 9.95. The van der Waals surface area contributed by atoms with Gasteiger partial charge in [-0.2, -0.15) is 0 Å². The summed E-state index contributed by atoms with van der Waals surface area (Å²) in [5.41, 5.74) is 0. The smallest absolute Gasteiger partial charge is 0.0443 e. The summed E-state index contributed by atoms with van der Waals surface area (Å²) in [6, 6.07) is 0. The molecule has 0 spiro atoms. The van der Waals surface area contributed by atoms with Crippen molar-refractivity contribution in [3.05, 3.63) is 0 Å². The fraction of sp³-hybridized carbons (Fsp3) is 1.00. The topological polar surface area (TPSA) is 0 Å². The van der Waals surface area contributed by atoms with E-state index in [1.807, 2.05) is 0 Å². The lowest BCUT2D eigenvalue weighted by Crippen LogP contribution is -1.95. The molecule has 0 amide bonds. The van der Waals surface area contributed by atoms with E-state index >= 15 is 0 Å². The van der Waals surface area contributed by atoms with Gasteiger partial charge in [-0.25, -0.2) is 0 Å². The Bertz CT molecular complexity index is 208. The van der Waals surface area contributed by atoms with Gasteiger partial charge in [-0.05, 0) is 5.92 Å². The predicted molar refractivity (Wildman–Crippen MR) is 111 cm³/mol.